The highest BCUT2D eigenvalue weighted by Crippen LogP contribution is 2.36. The van der Waals surface area contributed by atoms with Crippen LogP contribution in [-0.4, -0.2) is 19.8 Å². The summed E-state index contributed by atoms with van der Waals surface area (Å²) < 4.78 is 44.5. The topological polar surface area (TPSA) is 21.3 Å². The van der Waals surface area contributed by atoms with E-state index in [-0.39, 0.29) is 5.69 Å². The van der Waals surface area contributed by atoms with Crippen molar-refractivity contribution in [1.29, 1.82) is 0 Å². The van der Waals surface area contributed by atoms with Gasteiger partial charge >= 0.3 is 6.18 Å². The first-order chi connectivity index (χ1) is 8.97. The minimum absolute atomic E-state index is 0.133. The Labute approximate surface area is 118 Å². The number of anilines is 1. The average Bonchev–Trinajstić information content (AvgIpc) is 2.36. The van der Waals surface area contributed by atoms with Gasteiger partial charge in [0.1, 0.15) is 0 Å². The highest BCUT2D eigenvalue weighted by Gasteiger charge is 2.33. The van der Waals surface area contributed by atoms with Crippen LogP contribution in [0.5, 0.6) is 0 Å². The van der Waals surface area contributed by atoms with Gasteiger partial charge in [0.25, 0.3) is 0 Å². The molecule has 0 aromatic heterocycles. The molecule has 19 heavy (non-hydrogen) atoms. The molecule has 1 aliphatic rings. The summed E-state index contributed by atoms with van der Waals surface area (Å²) in [7, 11) is 0. The maximum absolute atomic E-state index is 12.9. The average molecular weight is 338 g/mol. The van der Waals surface area contributed by atoms with Gasteiger partial charge in [-0.05, 0) is 37.0 Å². The van der Waals surface area contributed by atoms with E-state index in [0.717, 1.165) is 18.9 Å². The van der Waals surface area contributed by atoms with Crippen molar-refractivity contribution in [2.75, 3.05) is 25.1 Å². The molecule has 2 rings (SSSR count). The highest BCUT2D eigenvalue weighted by molar-refractivity contribution is 9.10. The maximum Gasteiger partial charge on any atom is 0.418 e. The zero-order valence-electron chi connectivity index (χ0n) is 10.3. The number of hydrogen-bond acceptors (Lipinski definition) is 2. The summed E-state index contributed by atoms with van der Waals surface area (Å²) in [6.45, 7) is 1.93. The van der Waals surface area contributed by atoms with Crippen molar-refractivity contribution < 1.29 is 17.9 Å². The van der Waals surface area contributed by atoms with E-state index in [1.54, 1.807) is 0 Å². The fourth-order valence-corrected chi connectivity index (χ4v) is 2.48. The molecule has 0 bridgehead atoms. The molecule has 0 unspecified atom stereocenters. The number of benzene rings is 1. The van der Waals surface area contributed by atoms with E-state index in [4.69, 9.17) is 4.74 Å². The molecule has 1 N–H and O–H groups in total. The molecular formula is C13H15BrF3NO. The second-order valence-corrected chi connectivity index (χ2v) is 5.54. The maximum atomic E-state index is 12.9. The summed E-state index contributed by atoms with van der Waals surface area (Å²) in [5.41, 5.74) is -0.490. The van der Waals surface area contributed by atoms with Crippen LogP contribution >= 0.6 is 15.9 Å². The van der Waals surface area contributed by atoms with Crippen molar-refractivity contribution in [2.45, 2.75) is 19.0 Å². The Hall–Kier alpha value is -0.750. The van der Waals surface area contributed by atoms with Crippen LogP contribution in [0.3, 0.4) is 0 Å². The smallest absolute Gasteiger partial charge is 0.384 e. The zero-order chi connectivity index (χ0) is 13.9. The SMILES string of the molecule is FC(F)(F)c1ccc(Br)cc1NCC1CCOCC1. The van der Waals surface area contributed by atoms with Gasteiger partial charge in [-0.15, -0.1) is 0 Å². The molecule has 6 heteroatoms. The molecule has 1 saturated heterocycles. The summed E-state index contributed by atoms with van der Waals surface area (Å²) in [6, 6.07) is 3.97. The summed E-state index contributed by atoms with van der Waals surface area (Å²) >= 11 is 3.20. The number of ether oxygens (including phenoxy) is 1. The molecule has 1 aromatic rings. The van der Waals surface area contributed by atoms with E-state index >= 15 is 0 Å². The van der Waals surface area contributed by atoms with E-state index < -0.39 is 11.7 Å². The van der Waals surface area contributed by atoms with Crippen LogP contribution in [-0.2, 0) is 10.9 Å². The Balaban J connectivity index is 2.07. The number of halogens is 4. The number of hydrogen-bond donors (Lipinski definition) is 1. The lowest BCUT2D eigenvalue weighted by Gasteiger charge is -2.23. The molecular weight excluding hydrogens is 323 g/mol. The first-order valence-corrected chi connectivity index (χ1v) is 6.94. The van der Waals surface area contributed by atoms with Gasteiger partial charge in [0.05, 0.1) is 5.56 Å². The lowest BCUT2D eigenvalue weighted by atomic mass is 10.00. The molecule has 0 amide bonds. The van der Waals surface area contributed by atoms with Crippen LogP contribution in [0, 0.1) is 5.92 Å². The number of alkyl halides is 3. The first kappa shape index (κ1) is 14.7. The lowest BCUT2D eigenvalue weighted by Crippen LogP contribution is -2.23. The summed E-state index contributed by atoms with van der Waals surface area (Å²) in [5, 5.41) is 2.92. The molecule has 0 atom stereocenters. The largest absolute Gasteiger partial charge is 0.418 e. The minimum atomic E-state index is -4.33. The van der Waals surface area contributed by atoms with Crippen LogP contribution < -0.4 is 5.32 Å². The van der Waals surface area contributed by atoms with Gasteiger partial charge < -0.3 is 10.1 Å². The third kappa shape index (κ3) is 4.11. The fourth-order valence-electron chi connectivity index (χ4n) is 2.11. The summed E-state index contributed by atoms with van der Waals surface area (Å²) in [6.07, 6.45) is -2.55. The predicted molar refractivity (Wildman–Crippen MR) is 71.2 cm³/mol. The predicted octanol–water partition coefficient (Wildman–Crippen LogP) is 4.31. The van der Waals surface area contributed by atoms with Crippen molar-refractivity contribution in [3.63, 3.8) is 0 Å². The monoisotopic (exact) mass is 337 g/mol. The Bertz CT molecular complexity index is 430. The molecule has 0 aliphatic carbocycles. The van der Waals surface area contributed by atoms with Crippen molar-refractivity contribution in [3.05, 3.63) is 28.2 Å². The fraction of sp³-hybridized carbons (Fsp3) is 0.538. The summed E-state index contributed by atoms with van der Waals surface area (Å²) in [4.78, 5) is 0. The molecule has 0 radical (unpaired) electrons. The molecule has 106 valence electrons. The van der Waals surface area contributed by atoms with E-state index in [1.165, 1.54) is 12.1 Å². The van der Waals surface area contributed by atoms with Crippen molar-refractivity contribution in [3.8, 4) is 0 Å². The number of nitrogens with one attached hydrogen (secondary N) is 1. The van der Waals surface area contributed by atoms with Gasteiger partial charge in [-0.25, -0.2) is 0 Å². The van der Waals surface area contributed by atoms with Crippen LogP contribution in [0.15, 0.2) is 22.7 Å². The van der Waals surface area contributed by atoms with Crippen molar-refractivity contribution >= 4 is 21.6 Å². The van der Waals surface area contributed by atoms with E-state index in [1.807, 2.05) is 0 Å². The van der Waals surface area contributed by atoms with Crippen molar-refractivity contribution in [2.24, 2.45) is 5.92 Å². The molecule has 0 spiro atoms. The third-order valence-corrected chi connectivity index (χ3v) is 3.70. The van der Waals surface area contributed by atoms with Crippen LogP contribution in [0.4, 0.5) is 18.9 Å². The zero-order valence-corrected chi connectivity index (χ0v) is 11.9. The van der Waals surface area contributed by atoms with Gasteiger partial charge in [-0.1, -0.05) is 15.9 Å². The Morgan fingerprint density at radius 2 is 1.95 bits per heavy atom. The van der Waals surface area contributed by atoms with Gasteiger partial charge in [0.2, 0.25) is 0 Å². The van der Waals surface area contributed by atoms with Gasteiger partial charge in [-0.2, -0.15) is 13.2 Å². The molecule has 1 heterocycles. The molecule has 1 aromatic carbocycles. The summed E-state index contributed by atoms with van der Waals surface area (Å²) in [5.74, 6) is 0.369. The van der Waals surface area contributed by atoms with Crippen LogP contribution in [0.25, 0.3) is 0 Å². The van der Waals surface area contributed by atoms with Gasteiger partial charge in [-0.3, -0.25) is 0 Å². The first-order valence-electron chi connectivity index (χ1n) is 6.15. The van der Waals surface area contributed by atoms with Crippen LogP contribution in [0.1, 0.15) is 18.4 Å². The van der Waals surface area contributed by atoms with Crippen molar-refractivity contribution in [1.82, 2.24) is 0 Å². The van der Waals surface area contributed by atoms with Gasteiger partial charge in [0, 0.05) is 29.9 Å². The second-order valence-electron chi connectivity index (χ2n) is 4.62. The molecule has 2 nitrogen and oxygen atoms in total. The Morgan fingerprint density at radius 3 is 2.58 bits per heavy atom. The van der Waals surface area contributed by atoms with E-state index in [9.17, 15) is 13.2 Å². The second kappa shape index (κ2) is 6.13. The Kier molecular flexibility index (Phi) is 4.73. The third-order valence-electron chi connectivity index (χ3n) is 3.21. The minimum Gasteiger partial charge on any atom is -0.384 e. The van der Waals surface area contributed by atoms with Crippen LogP contribution in [0.2, 0.25) is 0 Å². The molecule has 1 fully saturated rings. The van der Waals surface area contributed by atoms with E-state index in [0.29, 0.717) is 30.1 Å². The van der Waals surface area contributed by atoms with E-state index in [2.05, 4.69) is 21.2 Å². The molecule has 1 aliphatic heterocycles. The lowest BCUT2D eigenvalue weighted by molar-refractivity contribution is -0.137. The van der Waals surface area contributed by atoms with Gasteiger partial charge in [0.15, 0.2) is 0 Å². The normalized spacial score (nSPS) is 17.5. The standard InChI is InChI=1S/C13H15BrF3NO/c14-10-1-2-11(13(15,16)17)12(7-10)18-8-9-3-5-19-6-4-9/h1-2,7,9,18H,3-6,8H2. The number of rotatable bonds is 3. The Morgan fingerprint density at radius 1 is 1.26 bits per heavy atom. The quantitative estimate of drug-likeness (QED) is 0.887. The molecule has 0 saturated carbocycles. The highest BCUT2D eigenvalue weighted by atomic mass is 79.9.